The highest BCUT2D eigenvalue weighted by Crippen LogP contribution is 2.36. The third kappa shape index (κ3) is 3.74. The zero-order chi connectivity index (χ0) is 15.5. The molecule has 0 fully saturated rings. The molecule has 2 nitrogen and oxygen atoms in total. The van der Waals surface area contributed by atoms with Crippen LogP contribution in [0.1, 0.15) is 29.7 Å². The Morgan fingerprint density at radius 3 is 2.52 bits per heavy atom. The Morgan fingerprint density at radius 2 is 1.90 bits per heavy atom. The molecule has 2 rings (SSSR count). The van der Waals surface area contributed by atoms with Gasteiger partial charge >= 0.3 is 6.18 Å². The molecule has 1 N–H and O–H groups in total. The van der Waals surface area contributed by atoms with Gasteiger partial charge in [-0.3, -0.25) is 4.98 Å². The lowest BCUT2D eigenvalue weighted by molar-refractivity contribution is -0.138. The van der Waals surface area contributed by atoms with Crippen LogP contribution in [0.25, 0.3) is 0 Å². The number of nitrogens with zero attached hydrogens (tertiary/aromatic N) is 1. The van der Waals surface area contributed by atoms with Crippen LogP contribution in [-0.2, 0) is 6.18 Å². The van der Waals surface area contributed by atoms with E-state index in [1.54, 1.807) is 0 Å². The third-order valence-electron chi connectivity index (χ3n) is 3.09. The summed E-state index contributed by atoms with van der Waals surface area (Å²) in [5.41, 5.74) is 0.317. The highest BCUT2D eigenvalue weighted by atomic mass is 127. The average molecular weight is 406 g/mol. The van der Waals surface area contributed by atoms with Crippen molar-refractivity contribution in [2.75, 3.05) is 6.54 Å². The fourth-order valence-corrected chi connectivity index (χ4v) is 2.89. The SMILES string of the molecule is CCNC(c1ccccc1I)c1cnccc1C(F)(F)F. The molecule has 2 aromatic rings. The molecule has 1 aromatic heterocycles. The molecule has 21 heavy (non-hydrogen) atoms. The van der Waals surface area contributed by atoms with Gasteiger partial charge in [-0.25, -0.2) is 0 Å². The molecule has 1 aromatic carbocycles. The minimum atomic E-state index is -4.40. The third-order valence-corrected chi connectivity index (χ3v) is 4.08. The van der Waals surface area contributed by atoms with Gasteiger partial charge in [0.25, 0.3) is 0 Å². The van der Waals surface area contributed by atoms with Gasteiger partial charge in [0.05, 0.1) is 11.6 Å². The van der Waals surface area contributed by atoms with E-state index in [4.69, 9.17) is 0 Å². The van der Waals surface area contributed by atoms with Gasteiger partial charge in [-0.1, -0.05) is 25.1 Å². The molecule has 0 amide bonds. The lowest BCUT2D eigenvalue weighted by atomic mass is 9.96. The van der Waals surface area contributed by atoms with Crippen molar-refractivity contribution in [3.05, 3.63) is 63.0 Å². The second-order valence-electron chi connectivity index (χ2n) is 4.47. The van der Waals surface area contributed by atoms with Gasteiger partial charge in [-0.15, -0.1) is 0 Å². The summed E-state index contributed by atoms with van der Waals surface area (Å²) in [5.74, 6) is 0. The van der Waals surface area contributed by atoms with Crippen molar-refractivity contribution in [3.63, 3.8) is 0 Å². The van der Waals surface area contributed by atoms with Crippen LogP contribution in [0.2, 0.25) is 0 Å². The highest BCUT2D eigenvalue weighted by molar-refractivity contribution is 14.1. The Bertz CT molecular complexity index is 614. The number of hydrogen-bond acceptors (Lipinski definition) is 2. The van der Waals surface area contributed by atoms with Crippen LogP contribution in [0.3, 0.4) is 0 Å². The minimum Gasteiger partial charge on any atom is -0.306 e. The summed E-state index contributed by atoms with van der Waals surface area (Å²) in [6.45, 7) is 2.42. The van der Waals surface area contributed by atoms with Gasteiger partial charge < -0.3 is 5.32 Å². The molecule has 0 saturated heterocycles. The molecular weight excluding hydrogens is 392 g/mol. The predicted molar refractivity (Wildman–Crippen MR) is 83.9 cm³/mol. The quantitative estimate of drug-likeness (QED) is 0.762. The molecule has 6 heteroatoms. The monoisotopic (exact) mass is 406 g/mol. The van der Waals surface area contributed by atoms with E-state index in [0.29, 0.717) is 6.54 Å². The predicted octanol–water partition coefficient (Wildman–Crippen LogP) is 4.40. The van der Waals surface area contributed by atoms with Gasteiger partial charge in [0, 0.05) is 21.5 Å². The van der Waals surface area contributed by atoms with E-state index < -0.39 is 17.8 Å². The van der Waals surface area contributed by atoms with Crippen LogP contribution in [0.4, 0.5) is 13.2 Å². The molecular formula is C15H14F3IN2. The number of benzene rings is 1. The van der Waals surface area contributed by atoms with Gasteiger partial charge in [-0.05, 0) is 46.8 Å². The molecule has 0 bridgehead atoms. The van der Waals surface area contributed by atoms with Crippen LogP contribution in [0.5, 0.6) is 0 Å². The number of alkyl halides is 3. The first-order valence-electron chi connectivity index (χ1n) is 6.44. The summed E-state index contributed by atoms with van der Waals surface area (Å²) >= 11 is 2.13. The van der Waals surface area contributed by atoms with Gasteiger partial charge in [0.15, 0.2) is 0 Å². The first-order valence-corrected chi connectivity index (χ1v) is 7.52. The Labute approximate surface area is 134 Å². The van der Waals surface area contributed by atoms with E-state index in [-0.39, 0.29) is 5.56 Å². The van der Waals surface area contributed by atoms with Crippen molar-refractivity contribution in [1.29, 1.82) is 0 Å². The lowest BCUT2D eigenvalue weighted by Crippen LogP contribution is -2.26. The summed E-state index contributed by atoms with van der Waals surface area (Å²) in [6, 6.07) is 7.89. The molecule has 1 unspecified atom stereocenters. The van der Waals surface area contributed by atoms with E-state index in [9.17, 15) is 13.2 Å². The topological polar surface area (TPSA) is 24.9 Å². The fourth-order valence-electron chi connectivity index (χ4n) is 2.20. The Hall–Kier alpha value is -1.15. The maximum Gasteiger partial charge on any atom is 0.416 e. The zero-order valence-electron chi connectivity index (χ0n) is 11.3. The smallest absolute Gasteiger partial charge is 0.306 e. The van der Waals surface area contributed by atoms with Crippen LogP contribution >= 0.6 is 22.6 Å². The maximum absolute atomic E-state index is 13.2. The van der Waals surface area contributed by atoms with Crippen LogP contribution in [0, 0.1) is 3.57 Å². The van der Waals surface area contributed by atoms with Gasteiger partial charge in [0.2, 0.25) is 0 Å². The number of nitrogens with one attached hydrogen (secondary N) is 1. The molecule has 1 atom stereocenters. The summed E-state index contributed by atoms with van der Waals surface area (Å²) in [4.78, 5) is 3.87. The van der Waals surface area contributed by atoms with E-state index in [2.05, 4.69) is 32.9 Å². The lowest BCUT2D eigenvalue weighted by Gasteiger charge is -2.23. The molecule has 0 radical (unpaired) electrons. The summed E-state index contributed by atoms with van der Waals surface area (Å²) in [5, 5.41) is 3.12. The number of rotatable bonds is 4. The molecule has 1 heterocycles. The number of pyridine rings is 1. The number of aromatic nitrogens is 1. The Kier molecular flexibility index (Phi) is 5.21. The maximum atomic E-state index is 13.2. The highest BCUT2D eigenvalue weighted by Gasteiger charge is 2.35. The fraction of sp³-hybridized carbons (Fsp3) is 0.267. The minimum absolute atomic E-state index is 0.149. The average Bonchev–Trinajstić information content (AvgIpc) is 2.45. The summed E-state index contributed by atoms with van der Waals surface area (Å²) in [6.07, 6.45) is -1.93. The van der Waals surface area contributed by atoms with Crippen molar-refractivity contribution in [2.24, 2.45) is 0 Å². The molecule has 0 aliphatic rings. The van der Waals surface area contributed by atoms with Crippen molar-refractivity contribution in [1.82, 2.24) is 10.3 Å². The van der Waals surface area contributed by atoms with E-state index in [1.807, 2.05) is 31.2 Å². The van der Waals surface area contributed by atoms with Crippen molar-refractivity contribution >= 4 is 22.6 Å². The number of hydrogen-bond donors (Lipinski definition) is 1. The largest absolute Gasteiger partial charge is 0.416 e. The second kappa shape index (κ2) is 6.74. The number of halogens is 4. The molecule has 0 aliphatic carbocycles. The van der Waals surface area contributed by atoms with Gasteiger partial charge in [-0.2, -0.15) is 13.2 Å². The first-order chi connectivity index (χ1) is 9.95. The van der Waals surface area contributed by atoms with E-state index in [0.717, 1.165) is 15.2 Å². The second-order valence-corrected chi connectivity index (χ2v) is 5.64. The summed E-state index contributed by atoms with van der Waals surface area (Å²) < 4.78 is 40.5. The van der Waals surface area contributed by atoms with E-state index in [1.165, 1.54) is 12.4 Å². The Morgan fingerprint density at radius 1 is 1.19 bits per heavy atom. The van der Waals surface area contributed by atoms with Crippen LogP contribution in [-0.4, -0.2) is 11.5 Å². The van der Waals surface area contributed by atoms with Crippen molar-refractivity contribution < 1.29 is 13.2 Å². The molecule has 112 valence electrons. The van der Waals surface area contributed by atoms with E-state index >= 15 is 0 Å². The van der Waals surface area contributed by atoms with Crippen molar-refractivity contribution in [3.8, 4) is 0 Å². The first kappa shape index (κ1) is 16.2. The van der Waals surface area contributed by atoms with Gasteiger partial charge in [0.1, 0.15) is 0 Å². The van der Waals surface area contributed by atoms with Crippen LogP contribution < -0.4 is 5.32 Å². The Balaban J connectivity index is 2.57. The van der Waals surface area contributed by atoms with Crippen molar-refractivity contribution in [2.45, 2.75) is 19.1 Å². The molecule has 0 spiro atoms. The normalized spacial score (nSPS) is 13.2. The summed E-state index contributed by atoms with van der Waals surface area (Å²) in [7, 11) is 0. The zero-order valence-corrected chi connectivity index (χ0v) is 13.4. The molecule has 0 aliphatic heterocycles. The molecule has 0 saturated carbocycles. The standard InChI is InChI=1S/C15H14F3IN2/c1-2-21-14(10-5-3-4-6-13(10)19)11-9-20-8-7-12(11)15(16,17)18/h3-9,14,21H,2H2,1H3. The van der Waals surface area contributed by atoms with Crippen LogP contribution in [0.15, 0.2) is 42.7 Å².